The third kappa shape index (κ3) is 7.70. The number of hydrogen-bond donors (Lipinski definition) is 2. The molecule has 0 aliphatic rings. The standard InChI is InChI=1S/C15H24N2O3S/c1-3-4-5-8-11-16-15(18)17-14-10-7-6-9-13(14)12-21(2,19)20/h6-7,9-10H,3-5,8,11-12H2,1-2H3,(H2,16,17,18). The average molecular weight is 312 g/mol. The fraction of sp³-hybridized carbons (Fsp3) is 0.533. The summed E-state index contributed by atoms with van der Waals surface area (Å²) in [5.74, 6) is -0.0834. The van der Waals surface area contributed by atoms with Crippen LogP contribution in [0.4, 0.5) is 10.5 Å². The number of amides is 2. The first-order valence-corrected chi connectivity index (χ1v) is 9.29. The smallest absolute Gasteiger partial charge is 0.319 e. The van der Waals surface area contributed by atoms with E-state index in [9.17, 15) is 13.2 Å². The highest BCUT2D eigenvalue weighted by Crippen LogP contribution is 2.17. The van der Waals surface area contributed by atoms with Crippen molar-refractivity contribution in [2.75, 3.05) is 18.1 Å². The van der Waals surface area contributed by atoms with E-state index in [0.717, 1.165) is 19.3 Å². The van der Waals surface area contributed by atoms with Gasteiger partial charge in [-0.15, -0.1) is 0 Å². The van der Waals surface area contributed by atoms with Crippen molar-refractivity contribution in [1.29, 1.82) is 0 Å². The van der Waals surface area contributed by atoms with Gasteiger partial charge in [0.25, 0.3) is 0 Å². The Morgan fingerprint density at radius 2 is 1.86 bits per heavy atom. The van der Waals surface area contributed by atoms with Crippen molar-refractivity contribution < 1.29 is 13.2 Å². The molecule has 21 heavy (non-hydrogen) atoms. The van der Waals surface area contributed by atoms with Gasteiger partial charge in [0.15, 0.2) is 9.84 Å². The Morgan fingerprint density at radius 3 is 2.52 bits per heavy atom. The predicted molar refractivity (Wildman–Crippen MR) is 86.2 cm³/mol. The van der Waals surface area contributed by atoms with Crippen molar-refractivity contribution >= 4 is 21.6 Å². The number of urea groups is 1. The van der Waals surface area contributed by atoms with E-state index in [0.29, 0.717) is 17.8 Å². The lowest BCUT2D eigenvalue weighted by Crippen LogP contribution is -2.30. The molecule has 1 aromatic rings. The maximum absolute atomic E-state index is 11.8. The van der Waals surface area contributed by atoms with Crippen LogP contribution in [-0.2, 0) is 15.6 Å². The van der Waals surface area contributed by atoms with Crippen molar-refractivity contribution in [2.24, 2.45) is 0 Å². The fourth-order valence-corrected chi connectivity index (χ4v) is 2.79. The summed E-state index contributed by atoms with van der Waals surface area (Å²) in [6, 6.07) is 6.64. The predicted octanol–water partition coefficient (Wildman–Crippen LogP) is 2.93. The van der Waals surface area contributed by atoms with Crippen LogP contribution >= 0.6 is 0 Å². The molecule has 0 fully saturated rings. The van der Waals surface area contributed by atoms with E-state index in [1.807, 2.05) is 0 Å². The number of nitrogens with one attached hydrogen (secondary N) is 2. The highest BCUT2D eigenvalue weighted by molar-refractivity contribution is 7.89. The number of hydrogen-bond acceptors (Lipinski definition) is 3. The Kier molecular flexibility index (Phi) is 7.22. The summed E-state index contributed by atoms with van der Waals surface area (Å²) in [6.45, 7) is 2.76. The Hall–Kier alpha value is -1.56. The molecule has 0 aliphatic heterocycles. The zero-order valence-corrected chi connectivity index (χ0v) is 13.5. The van der Waals surface area contributed by atoms with Gasteiger partial charge in [0.1, 0.15) is 0 Å². The third-order valence-corrected chi connectivity index (χ3v) is 3.83. The van der Waals surface area contributed by atoms with Crippen LogP contribution < -0.4 is 10.6 Å². The minimum atomic E-state index is -3.13. The van der Waals surface area contributed by atoms with Crippen LogP contribution in [0.5, 0.6) is 0 Å². The van der Waals surface area contributed by atoms with E-state index in [1.165, 1.54) is 12.7 Å². The first kappa shape index (κ1) is 17.5. The highest BCUT2D eigenvalue weighted by atomic mass is 32.2. The summed E-state index contributed by atoms with van der Waals surface area (Å²) in [4.78, 5) is 11.8. The molecule has 0 atom stereocenters. The van der Waals surface area contributed by atoms with Gasteiger partial charge in [-0.3, -0.25) is 0 Å². The zero-order chi connectivity index (χ0) is 15.7. The summed E-state index contributed by atoms with van der Waals surface area (Å²) < 4.78 is 22.8. The lowest BCUT2D eigenvalue weighted by atomic mass is 10.2. The molecule has 0 unspecified atom stereocenters. The summed E-state index contributed by atoms with van der Waals surface area (Å²) in [5.41, 5.74) is 1.13. The van der Waals surface area contributed by atoms with Gasteiger partial charge in [0.2, 0.25) is 0 Å². The second kappa shape index (κ2) is 8.67. The molecular weight excluding hydrogens is 288 g/mol. The molecule has 0 radical (unpaired) electrons. The molecule has 5 nitrogen and oxygen atoms in total. The Bertz CT molecular complexity index is 556. The second-order valence-corrected chi connectivity index (χ2v) is 7.31. The maximum atomic E-state index is 11.8. The summed E-state index contributed by atoms with van der Waals surface area (Å²) in [5, 5.41) is 5.49. The normalized spacial score (nSPS) is 11.1. The molecule has 1 rings (SSSR count). The van der Waals surface area contributed by atoms with Gasteiger partial charge in [0, 0.05) is 18.5 Å². The molecule has 0 aliphatic carbocycles. The fourth-order valence-electron chi connectivity index (χ4n) is 1.97. The van der Waals surface area contributed by atoms with Gasteiger partial charge in [-0.05, 0) is 18.1 Å². The van der Waals surface area contributed by atoms with Crippen LogP contribution in [0, 0.1) is 0 Å². The van der Waals surface area contributed by atoms with Crippen molar-refractivity contribution in [3.8, 4) is 0 Å². The zero-order valence-electron chi connectivity index (χ0n) is 12.7. The summed E-state index contributed by atoms with van der Waals surface area (Å²) in [7, 11) is -3.13. The van der Waals surface area contributed by atoms with E-state index in [4.69, 9.17) is 0 Å². The Balaban J connectivity index is 2.52. The molecule has 1 aromatic carbocycles. The van der Waals surface area contributed by atoms with Gasteiger partial charge < -0.3 is 10.6 Å². The molecule has 0 saturated carbocycles. The highest BCUT2D eigenvalue weighted by Gasteiger charge is 2.10. The first-order valence-electron chi connectivity index (χ1n) is 7.23. The Labute approximate surface area is 127 Å². The second-order valence-electron chi connectivity index (χ2n) is 5.17. The number of sulfone groups is 1. The number of carbonyl (C=O) groups excluding carboxylic acids is 1. The van der Waals surface area contributed by atoms with Crippen LogP contribution in [0.1, 0.15) is 38.2 Å². The van der Waals surface area contributed by atoms with Crippen molar-refractivity contribution in [1.82, 2.24) is 5.32 Å². The minimum Gasteiger partial charge on any atom is -0.338 e. The molecule has 0 bridgehead atoms. The van der Waals surface area contributed by atoms with Gasteiger partial charge in [-0.1, -0.05) is 44.4 Å². The summed E-state index contributed by atoms with van der Waals surface area (Å²) >= 11 is 0. The number of carbonyl (C=O) groups is 1. The third-order valence-electron chi connectivity index (χ3n) is 3.00. The molecule has 2 amide bonds. The number of benzene rings is 1. The van der Waals surface area contributed by atoms with Crippen LogP contribution in [-0.4, -0.2) is 27.2 Å². The van der Waals surface area contributed by atoms with E-state index in [-0.39, 0.29) is 11.8 Å². The molecule has 2 N–H and O–H groups in total. The van der Waals surface area contributed by atoms with E-state index in [1.54, 1.807) is 24.3 Å². The average Bonchev–Trinajstić information content (AvgIpc) is 2.39. The lowest BCUT2D eigenvalue weighted by molar-refractivity contribution is 0.252. The maximum Gasteiger partial charge on any atom is 0.319 e. The number of para-hydroxylation sites is 1. The molecule has 0 saturated heterocycles. The summed E-state index contributed by atoms with van der Waals surface area (Å²) in [6.07, 6.45) is 5.55. The van der Waals surface area contributed by atoms with E-state index in [2.05, 4.69) is 17.6 Å². The SMILES string of the molecule is CCCCCCNC(=O)Nc1ccccc1CS(C)(=O)=O. The lowest BCUT2D eigenvalue weighted by Gasteiger charge is -2.11. The number of rotatable bonds is 8. The van der Waals surface area contributed by atoms with Crippen molar-refractivity contribution in [3.63, 3.8) is 0 Å². The molecule has 0 spiro atoms. The minimum absolute atomic E-state index is 0.0834. The largest absolute Gasteiger partial charge is 0.338 e. The molecule has 0 heterocycles. The number of anilines is 1. The molecular formula is C15H24N2O3S. The van der Waals surface area contributed by atoms with Crippen LogP contribution in [0.15, 0.2) is 24.3 Å². The number of unbranched alkanes of at least 4 members (excludes halogenated alkanes) is 3. The molecule has 6 heteroatoms. The van der Waals surface area contributed by atoms with Gasteiger partial charge in [-0.2, -0.15) is 0 Å². The monoisotopic (exact) mass is 312 g/mol. The van der Waals surface area contributed by atoms with Gasteiger partial charge >= 0.3 is 6.03 Å². The van der Waals surface area contributed by atoms with Crippen LogP contribution in [0.25, 0.3) is 0 Å². The first-order chi connectivity index (χ1) is 9.92. The van der Waals surface area contributed by atoms with Crippen LogP contribution in [0.2, 0.25) is 0 Å². The van der Waals surface area contributed by atoms with Gasteiger partial charge in [-0.25, -0.2) is 13.2 Å². The molecule has 118 valence electrons. The van der Waals surface area contributed by atoms with E-state index < -0.39 is 9.84 Å². The topological polar surface area (TPSA) is 75.3 Å². The van der Waals surface area contributed by atoms with Gasteiger partial charge in [0.05, 0.1) is 5.75 Å². The van der Waals surface area contributed by atoms with E-state index >= 15 is 0 Å². The van der Waals surface area contributed by atoms with Crippen molar-refractivity contribution in [2.45, 2.75) is 38.4 Å². The Morgan fingerprint density at radius 1 is 1.14 bits per heavy atom. The quantitative estimate of drug-likeness (QED) is 0.725. The van der Waals surface area contributed by atoms with Crippen molar-refractivity contribution in [3.05, 3.63) is 29.8 Å². The van der Waals surface area contributed by atoms with Crippen LogP contribution in [0.3, 0.4) is 0 Å². The molecule has 0 aromatic heterocycles.